The molecule has 2 atom stereocenters. The molecule has 1 aliphatic carbocycles. The number of carboxylic acid groups (broad SMARTS) is 1. The van der Waals surface area contributed by atoms with E-state index < -0.39 is 41.7 Å². The summed E-state index contributed by atoms with van der Waals surface area (Å²) in [4.78, 5) is 49.3. The van der Waals surface area contributed by atoms with Crippen molar-refractivity contribution in [1.29, 1.82) is 0 Å². The Labute approximate surface area is 241 Å². The van der Waals surface area contributed by atoms with Crippen molar-refractivity contribution in [3.05, 3.63) is 59.7 Å². The number of carbonyl (C=O) groups excluding carboxylic acids is 3. The minimum Gasteiger partial charge on any atom is -0.480 e. The van der Waals surface area contributed by atoms with Gasteiger partial charge in [0.15, 0.2) is 0 Å². The zero-order valence-electron chi connectivity index (χ0n) is 24.4. The summed E-state index contributed by atoms with van der Waals surface area (Å²) >= 11 is 0. The van der Waals surface area contributed by atoms with Gasteiger partial charge in [0, 0.05) is 12.5 Å². The number of hydrogen-bond acceptors (Lipinski definition) is 6. The van der Waals surface area contributed by atoms with E-state index >= 15 is 0 Å². The molecule has 2 aromatic rings. The second-order valence-corrected chi connectivity index (χ2v) is 11.5. The van der Waals surface area contributed by atoms with Crippen LogP contribution in [0.4, 0.5) is 9.59 Å². The molecule has 0 spiro atoms. The first kappa shape index (κ1) is 31.4. The Kier molecular flexibility index (Phi) is 10.7. The zero-order chi connectivity index (χ0) is 30.2. The average Bonchev–Trinajstić information content (AvgIpc) is 3.22. The van der Waals surface area contributed by atoms with E-state index in [9.17, 15) is 24.3 Å². The van der Waals surface area contributed by atoms with Crippen molar-refractivity contribution in [3.63, 3.8) is 0 Å². The second-order valence-electron chi connectivity index (χ2n) is 11.5. The van der Waals surface area contributed by atoms with Crippen molar-refractivity contribution in [3.8, 4) is 11.1 Å². The summed E-state index contributed by atoms with van der Waals surface area (Å²) in [6, 6.07) is 13.9. The molecule has 10 heteroatoms. The highest BCUT2D eigenvalue weighted by Crippen LogP contribution is 2.44. The quantitative estimate of drug-likeness (QED) is 0.270. The molecule has 2 unspecified atom stereocenters. The zero-order valence-corrected chi connectivity index (χ0v) is 24.4. The molecule has 3 amide bonds. The van der Waals surface area contributed by atoms with Gasteiger partial charge in [-0.05, 0) is 68.2 Å². The van der Waals surface area contributed by atoms with Gasteiger partial charge < -0.3 is 30.5 Å². The Balaban J connectivity index is 1.50. The van der Waals surface area contributed by atoms with E-state index in [4.69, 9.17) is 9.47 Å². The maximum atomic E-state index is 13.0. The third-order valence-corrected chi connectivity index (χ3v) is 6.77. The number of carboxylic acids is 1. The third-order valence-electron chi connectivity index (χ3n) is 6.77. The van der Waals surface area contributed by atoms with Gasteiger partial charge >= 0.3 is 18.2 Å². The first-order valence-electron chi connectivity index (χ1n) is 14.0. The van der Waals surface area contributed by atoms with E-state index in [0.717, 1.165) is 22.3 Å². The lowest BCUT2D eigenvalue weighted by Crippen LogP contribution is -2.53. The fraction of sp³-hybridized carbons (Fsp3) is 0.484. The summed E-state index contributed by atoms with van der Waals surface area (Å²) in [7, 11) is 0. The molecule has 10 nitrogen and oxygen atoms in total. The number of benzene rings is 2. The number of aliphatic carboxylic acids is 1. The lowest BCUT2D eigenvalue weighted by molar-refractivity contribution is -0.142. The van der Waals surface area contributed by atoms with Gasteiger partial charge in [-0.25, -0.2) is 14.4 Å². The fourth-order valence-corrected chi connectivity index (χ4v) is 4.80. The van der Waals surface area contributed by atoms with Crippen LogP contribution in [0.3, 0.4) is 0 Å². The lowest BCUT2D eigenvalue weighted by Gasteiger charge is -2.24. The van der Waals surface area contributed by atoms with Crippen LogP contribution in [0.2, 0.25) is 0 Å². The average molecular weight is 568 g/mol. The van der Waals surface area contributed by atoms with Crippen LogP contribution in [-0.4, -0.2) is 60.0 Å². The number of ether oxygens (including phenoxy) is 2. The molecule has 0 saturated carbocycles. The summed E-state index contributed by atoms with van der Waals surface area (Å²) in [5.41, 5.74) is 3.76. The van der Waals surface area contributed by atoms with E-state index in [1.165, 1.54) is 0 Å². The number of fused-ring (bicyclic) bond motifs is 3. The molecule has 41 heavy (non-hydrogen) atoms. The van der Waals surface area contributed by atoms with Gasteiger partial charge in [-0.3, -0.25) is 4.79 Å². The second kappa shape index (κ2) is 14.0. The third kappa shape index (κ3) is 8.96. The summed E-state index contributed by atoms with van der Waals surface area (Å²) in [5.74, 6) is -2.22. The van der Waals surface area contributed by atoms with E-state index in [-0.39, 0.29) is 24.9 Å². The van der Waals surface area contributed by atoms with Crippen LogP contribution in [0.15, 0.2) is 48.5 Å². The molecule has 2 aromatic carbocycles. The van der Waals surface area contributed by atoms with E-state index in [0.29, 0.717) is 19.4 Å². The number of rotatable bonds is 12. The Morgan fingerprint density at radius 2 is 1.46 bits per heavy atom. The maximum absolute atomic E-state index is 13.0. The van der Waals surface area contributed by atoms with Crippen LogP contribution < -0.4 is 16.0 Å². The number of nitrogens with one attached hydrogen (secondary N) is 3. The number of hydrogen-bond donors (Lipinski definition) is 4. The van der Waals surface area contributed by atoms with Gasteiger partial charge in [0.1, 0.15) is 24.3 Å². The molecule has 0 bridgehead atoms. The monoisotopic (exact) mass is 567 g/mol. The van der Waals surface area contributed by atoms with Gasteiger partial charge in [0.25, 0.3) is 0 Å². The van der Waals surface area contributed by atoms with E-state index in [1.54, 1.807) is 34.6 Å². The Hall–Kier alpha value is -4.08. The Morgan fingerprint density at radius 1 is 0.878 bits per heavy atom. The molecule has 0 saturated heterocycles. The molecule has 0 aromatic heterocycles. The summed E-state index contributed by atoms with van der Waals surface area (Å²) < 4.78 is 10.7. The van der Waals surface area contributed by atoms with Crippen LogP contribution >= 0.6 is 0 Å². The van der Waals surface area contributed by atoms with Crippen LogP contribution in [0, 0.1) is 5.92 Å². The van der Waals surface area contributed by atoms with Crippen LogP contribution in [0.5, 0.6) is 0 Å². The minimum absolute atomic E-state index is 0.0986. The molecule has 0 fully saturated rings. The van der Waals surface area contributed by atoms with Gasteiger partial charge in [-0.1, -0.05) is 62.4 Å². The summed E-state index contributed by atoms with van der Waals surface area (Å²) in [6.45, 7) is 9.21. The number of amides is 3. The van der Waals surface area contributed by atoms with Crippen molar-refractivity contribution in [1.82, 2.24) is 16.0 Å². The van der Waals surface area contributed by atoms with Crippen molar-refractivity contribution < 1.29 is 33.8 Å². The molecule has 222 valence electrons. The van der Waals surface area contributed by atoms with Gasteiger partial charge in [0.2, 0.25) is 5.91 Å². The van der Waals surface area contributed by atoms with E-state index in [2.05, 4.69) is 16.0 Å². The molecular formula is C31H41N3O7. The Bertz CT molecular complexity index is 1190. The Morgan fingerprint density at radius 3 is 2.00 bits per heavy atom. The molecule has 0 radical (unpaired) electrons. The van der Waals surface area contributed by atoms with Crippen molar-refractivity contribution in [2.45, 2.75) is 77.5 Å². The van der Waals surface area contributed by atoms with Crippen molar-refractivity contribution in [2.24, 2.45) is 5.92 Å². The summed E-state index contributed by atoms with van der Waals surface area (Å²) in [6.07, 6.45) is -0.184. The molecule has 3 rings (SSSR count). The maximum Gasteiger partial charge on any atom is 0.407 e. The predicted octanol–water partition coefficient (Wildman–Crippen LogP) is 4.81. The number of carbonyl (C=O) groups is 4. The largest absolute Gasteiger partial charge is 0.480 e. The first-order chi connectivity index (χ1) is 19.4. The van der Waals surface area contributed by atoms with Gasteiger partial charge in [0.05, 0.1) is 0 Å². The standard InChI is InChI=1S/C31H41N3O7/c1-19(2)26(27(35)33-25(28(36)37)16-10-11-17-32-29(38)41-31(3,4)5)34-30(39)40-18-24-22-14-8-6-12-20(22)21-13-7-9-15-23(21)24/h6-9,12-15,19,24-26H,10-11,16-18H2,1-5H3,(H,32,38)(H,33,35)(H,34,39)(H,36,37). The topological polar surface area (TPSA) is 143 Å². The molecule has 1 aliphatic rings. The first-order valence-corrected chi connectivity index (χ1v) is 14.0. The van der Waals surface area contributed by atoms with Crippen LogP contribution in [0.25, 0.3) is 11.1 Å². The molecule has 4 N–H and O–H groups in total. The smallest absolute Gasteiger partial charge is 0.407 e. The predicted molar refractivity (Wildman–Crippen MR) is 154 cm³/mol. The fourth-order valence-electron chi connectivity index (χ4n) is 4.80. The SMILES string of the molecule is CC(C)C(NC(=O)OCC1c2ccccc2-c2ccccc21)C(=O)NC(CCCCNC(=O)OC(C)(C)C)C(=O)O. The molecule has 0 aliphatic heterocycles. The van der Waals surface area contributed by atoms with Crippen molar-refractivity contribution >= 4 is 24.1 Å². The minimum atomic E-state index is -1.18. The highest BCUT2D eigenvalue weighted by Gasteiger charge is 2.31. The van der Waals surface area contributed by atoms with Gasteiger partial charge in [-0.15, -0.1) is 0 Å². The van der Waals surface area contributed by atoms with Crippen LogP contribution in [-0.2, 0) is 19.1 Å². The van der Waals surface area contributed by atoms with E-state index in [1.807, 2.05) is 48.5 Å². The number of unbranched alkanes of at least 4 members (excludes halogenated alkanes) is 1. The molecule has 0 heterocycles. The summed E-state index contributed by atoms with van der Waals surface area (Å²) in [5, 5.41) is 17.4. The van der Waals surface area contributed by atoms with Crippen molar-refractivity contribution in [2.75, 3.05) is 13.2 Å². The molecular weight excluding hydrogens is 526 g/mol. The number of alkyl carbamates (subject to hydrolysis) is 2. The highest BCUT2D eigenvalue weighted by molar-refractivity contribution is 5.89. The van der Waals surface area contributed by atoms with Crippen LogP contribution in [0.1, 0.15) is 70.9 Å². The highest BCUT2D eigenvalue weighted by atomic mass is 16.6. The normalized spacial score (nSPS) is 13.9. The van der Waals surface area contributed by atoms with Gasteiger partial charge in [-0.2, -0.15) is 0 Å². The lowest BCUT2D eigenvalue weighted by atomic mass is 9.98.